The van der Waals surface area contributed by atoms with Crippen molar-refractivity contribution < 1.29 is 19.5 Å². The Kier molecular flexibility index (Phi) is 9.75. The third-order valence-corrected chi connectivity index (χ3v) is 12.0. The highest BCUT2D eigenvalue weighted by molar-refractivity contribution is 9.09. The summed E-state index contributed by atoms with van der Waals surface area (Å²) in [5.74, 6) is -1.66. The first kappa shape index (κ1) is 32.8. The molecule has 0 radical (unpaired) electrons. The summed E-state index contributed by atoms with van der Waals surface area (Å²) in [6.07, 6.45) is 4.81. The summed E-state index contributed by atoms with van der Waals surface area (Å²) >= 11 is 5.49. The van der Waals surface area contributed by atoms with Gasteiger partial charge in [-0.1, -0.05) is 79.2 Å². The van der Waals surface area contributed by atoms with E-state index in [1.807, 2.05) is 35.2 Å². The van der Waals surface area contributed by atoms with E-state index in [1.54, 1.807) is 33.7 Å². The summed E-state index contributed by atoms with van der Waals surface area (Å²) in [6, 6.07) is 9.03. The lowest BCUT2D eigenvalue weighted by atomic mass is 9.70. The number of aliphatic hydroxyl groups excluding tert-OH is 1. The van der Waals surface area contributed by atoms with Crippen molar-refractivity contribution in [1.29, 1.82) is 0 Å². The number of thioether (sulfide) groups is 1. The van der Waals surface area contributed by atoms with Crippen LogP contribution in [0.15, 0.2) is 55.6 Å². The smallest absolute Gasteiger partial charge is 0.247 e. The Balaban J connectivity index is 1.75. The van der Waals surface area contributed by atoms with E-state index in [-0.39, 0.29) is 46.4 Å². The largest absolute Gasteiger partial charge is 0.395 e. The van der Waals surface area contributed by atoms with Crippen molar-refractivity contribution in [3.63, 3.8) is 0 Å². The van der Waals surface area contributed by atoms with Crippen molar-refractivity contribution in [3.05, 3.63) is 61.2 Å². The van der Waals surface area contributed by atoms with Gasteiger partial charge in [-0.25, -0.2) is 0 Å². The van der Waals surface area contributed by atoms with Gasteiger partial charge >= 0.3 is 0 Å². The number of amides is 3. The Hall–Kier alpha value is -2.10. The number of halogens is 1. The van der Waals surface area contributed by atoms with E-state index in [9.17, 15) is 19.5 Å². The van der Waals surface area contributed by atoms with E-state index in [0.717, 1.165) is 12.0 Å². The third kappa shape index (κ3) is 5.98. The zero-order chi connectivity index (χ0) is 31.0. The zero-order valence-electron chi connectivity index (χ0n) is 25.6. The summed E-state index contributed by atoms with van der Waals surface area (Å²) in [5.41, 5.74) is 0.460. The molecule has 4 rings (SSSR count). The van der Waals surface area contributed by atoms with E-state index in [1.165, 1.54) is 0 Å². The summed E-state index contributed by atoms with van der Waals surface area (Å²) < 4.78 is -0.772. The van der Waals surface area contributed by atoms with Crippen molar-refractivity contribution in [1.82, 2.24) is 14.7 Å². The molecule has 1 spiro atoms. The number of hydrogen-bond donors (Lipinski definition) is 1. The predicted molar refractivity (Wildman–Crippen MR) is 173 cm³/mol. The van der Waals surface area contributed by atoms with Crippen LogP contribution in [0.3, 0.4) is 0 Å². The van der Waals surface area contributed by atoms with Crippen LogP contribution in [0.5, 0.6) is 0 Å². The molecule has 230 valence electrons. The number of alkyl halides is 1. The van der Waals surface area contributed by atoms with E-state index >= 15 is 0 Å². The molecule has 3 fully saturated rings. The molecular weight excluding hydrogens is 614 g/mol. The molecule has 0 aliphatic carbocycles. The van der Waals surface area contributed by atoms with Crippen molar-refractivity contribution in [2.75, 3.05) is 26.2 Å². The lowest BCUT2D eigenvalue weighted by molar-refractivity contribution is -0.147. The minimum atomic E-state index is -0.781. The average molecular weight is 661 g/mol. The number of hydrogen-bond acceptors (Lipinski definition) is 5. The van der Waals surface area contributed by atoms with Gasteiger partial charge in [0.2, 0.25) is 17.7 Å². The molecule has 3 aliphatic rings. The molecule has 3 amide bonds. The van der Waals surface area contributed by atoms with Gasteiger partial charge in [0.25, 0.3) is 0 Å². The van der Waals surface area contributed by atoms with Gasteiger partial charge in [-0.05, 0) is 37.7 Å². The molecule has 0 aromatic heterocycles. The van der Waals surface area contributed by atoms with Crippen molar-refractivity contribution >= 4 is 45.4 Å². The maximum Gasteiger partial charge on any atom is 0.247 e. The standard InChI is InChI=1S/C33H46BrN3O4S/c1-8-15-35(20-22-13-11-10-12-14-22)28(39)24-25-29(40)36(17-18-38)27(33(25)19-23(34)26(24)42-33)30(41)37(16-9-2)32(6,7)21-31(3,4)5/h8-14,23-27,38H,1-2,15-21H2,3-7H3/t23?,24-,25+,26-,27?,33?/m1/s1. The Labute approximate surface area is 263 Å². The first-order valence-electron chi connectivity index (χ1n) is 14.8. The second-order valence-corrected chi connectivity index (χ2v) is 16.4. The second kappa shape index (κ2) is 12.5. The molecule has 1 aromatic rings. The minimum absolute atomic E-state index is 0.0253. The zero-order valence-corrected chi connectivity index (χ0v) is 28.0. The molecule has 42 heavy (non-hydrogen) atoms. The molecule has 3 aliphatic heterocycles. The quantitative estimate of drug-likeness (QED) is 0.255. The van der Waals surface area contributed by atoms with Gasteiger partial charge in [0.05, 0.1) is 23.2 Å². The number of carbonyl (C=O) groups excluding carboxylic acids is 3. The number of likely N-dealkylation sites (tertiary alicyclic amines) is 1. The highest BCUT2D eigenvalue weighted by Crippen LogP contribution is 2.68. The second-order valence-electron chi connectivity index (χ2n) is 13.7. The SMILES string of the molecule is C=CCN(Cc1ccccc1)C(=O)[C@H]1[C@@H]2SC3(CC2Br)C(C(=O)N(CC=C)C(C)(C)CC(C)(C)C)N(CCO)C(=O)[C@H]13. The molecular formula is C33H46BrN3O4S. The van der Waals surface area contributed by atoms with Gasteiger partial charge < -0.3 is 19.8 Å². The highest BCUT2D eigenvalue weighted by Gasteiger charge is 2.76. The van der Waals surface area contributed by atoms with Crippen molar-refractivity contribution in [2.45, 2.75) is 80.4 Å². The van der Waals surface area contributed by atoms with Crippen LogP contribution >= 0.6 is 27.7 Å². The molecule has 2 bridgehead atoms. The van der Waals surface area contributed by atoms with E-state index < -0.39 is 28.2 Å². The highest BCUT2D eigenvalue weighted by atomic mass is 79.9. The summed E-state index contributed by atoms with van der Waals surface area (Å²) in [6.45, 7) is 19.3. The normalized spacial score (nSPS) is 28.5. The Bertz CT molecular complexity index is 1200. The molecule has 9 heteroatoms. The van der Waals surface area contributed by atoms with Crippen LogP contribution in [0.25, 0.3) is 0 Å². The summed E-state index contributed by atoms with van der Waals surface area (Å²) in [4.78, 5) is 48.6. The first-order valence-corrected chi connectivity index (χ1v) is 16.6. The van der Waals surface area contributed by atoms with E-state index in [4.69, 9.17) is 0 Å². The fraction of sp³-hybridized carbons (Fsp3) is 0.606. The Morgan fingerprint density at radius 2 is 1.76 bits per heavy atom. The topological polar surface area (TPSA) is 81.2 Å². The van der Waals surface area contributed by atoms with Crippen LogP contribution in [0, 0.1) is 17.3 Å². The van der Waals surface area contributed by atoms with Gasteiger partial charge in [0, 0.05) is 41.8 Å². The van der Waals surface area contributed by atoms with Crippen LogP contribution in [0.4, 0.5) is 0 Å². The number of β-amino-alcohol motifs (C(OH)–C–C–N with tert-alkyl or cyclic N) is 1. The molecule has 1 N–H and O–H groups in total. The van der Waals surface area contributed by atoms with Crippen LogP contribution in [0.2, 0.25) is 0 Å². The van der Waals surface area contributed by atoms with E-state index in [0.29, 0.717) is 26.1 Å². The van der Waals surface area contributed by atoms with Gasteiger partial charge in [-0.2, -0.15) is 0 Å². The van der Waals surface area contributed by atoms with Crippen LogP contribution < -0.4 is 0 Å². The molecule has 6 atom stereocenters. The monoisotopic (exact) mass is 659 g/mol. The predicted octanol–water partition coefficient (Wildman–Crippen LogP) is 4.89. The molecule has 3 unspecified atom stereocenters. The maximum absolute atomic E-state index is 14.8. The fourth-order valence-electron chi connectivity index (χ4n) is 7.75. The number of fused-ring (bicyclic) bond motifs is 1. The summed E-state index contributed by atoms with van der Waals surface area (Å²) in [7, 11) is 0. The van der Waals surface area contributed by atoms with Crippen LogP contribution in [0.1, 0.15) is 53.0 Å². The van der Waals surface area contributed by atoms with Gasteiger partial charge in [0.1, 0.15) is 6.04 Å². The lowest BCUT2D eigenvalue weighted by Gasteiger charge is -2.46. The van der Waals surface area contributed by atoms with Gasteiger partial charge in [-0.3, -0.25) is 14.4 Å². The maximum atomic E-state index is 14.8. The number of nitrogens with zero attached hydrogens (tertiary/aromatic N) is 3. The van der Waals surface area contributed by atoms with Crippen molar-refractivity contribution in [2.24, 2.45) is 17.3 Å². The first-order chi connectivity index (χ1) is 19.7. The van der Waals surface area contributed by atoms with Gasteiger partial charge in [-0.15, -0.1) is 24.9 Å². The van der Waals surface area contributed by atoms with Crippen molar-refractivity contribution in [3.8, 4) is 0 Å². The van der Waals surface area contributed by atoms with Gasteiger partial charge in [0.15, 0.2) is 0 Å². The molecule has 3 saturated heterocycles. The summed E-state index contributed by atoms with van der Waals surface area (Å²) in [5, 5.41) is 9.90. The van der Waals surface area contributed by atoms with Crippen LogP contribution in [-0.2, 0) is 20.9 Å². The van der Waals surface area contributed by atoms with E-state index in [2.05, 4.69) is 63.7 Å². The molecule has 1 aromatic carbocycles. The minimum Gasteiger partial charge on any atom is -0.395 e. The fourth-order valence-corrected chi connectivity index (χ4v) is 11.3. The molecule has 3 heterocycles. The average Bonchev–Trinajstić information content (AvgIpc) is 3.49. The number of carbonyl (C=O) groups is 3. The van der Waals surface area contributed by atoms with Crippen LogP contribution in [-0.4, -0.2) is 90.2 Å². The molecule has 0 saturated carbocycles. The lowest BCUT2D eigenvalue weighted by Crippen LogP contribution is -2.60. The number of aliphatic hydroxyl groups is 1. The molecule has 7 nitrogen and oxygen atoms in total. The Morgan fingerprint density at radius 1 is 1.12 bits per heavy atom. The number of benzene rings is 1. The number of rotatable bonds is 12. The third-order valence-electron chi connectivity index (χ3n) is 8.80. The Morgan fingerprint density at radius 3 is 2.33 bits per heavy atom.